The lowest BCUT2D eigenvalue weighted by Gasteiger charge is -2.12. The molecule has 0 aliphatic carbocycles. The van der Waals surface area contributed by atoms with Crippen molar-refractivity contribution in [3.05, 3.63) is 17.0 Å². The highest BCUT2D eigenvalue weighted by molar-refractivity contribution is 7.99. The number of thioether (sulfide) groups is 1. The van der Waals surface area contributed by atoms with Gasteiger partial charge >= 0.3 is 5.97 Å². The fraction of sp³-hybridized carbons (Fsp3) is 0.583. The second-order valence-electron chi connectivity index (χ2n) is 4.05. The Balaban J connectivity index is 2.83. The molecule has 1 aromatic heterocycles. The minimum absolute atomic E-state index is 0.0361. The maximum Gasteiger partial charge on any atom is 0.304 e. The van der Waals surface area contributed by atoms with E-state index in [0.717, 1.165) is 23.4 Å². The Morgan fingerprint density at radius 3 is 2.24 bits per heavy atom. The van der Waals surface area contributed by atoms with Crippen LogP contribution in [0.3, 0.4) is 0 Å². The SMILES string of the molecule is CCC(CC(=O)O)Sc1nc(C)c(C)c(C)n1. The molecule has 4 nitrogen and oxygen atoms in total. The summed E-state index contributed by atoms with van der Waals surface area (Å²) in [4.78, 5) is 19.5. The van der Waals surface area contributed by atoms with E-state index in [4.69, 9.17) is 5.11 Å². The third-order valence-corrected chi connectivity index (χ3v) is 3.97. The van der Waals surface area contributed by atoms with Gasteiger partial charge in [-0.1, -0.05) is 18.7 Å². The third-order valence-electron chi connectivity index (χ3n) is 2.74. The summed E-state index contributed by atoms with van der Waals surface area (Å²) in [5.41, 5.74) is 3.02. The largest absolute Gasteiger partial charge is 0.481 e. The van der Waals surface area contributed by atoms with Crippen LogP contribution < -0.4 is 0 Å². The average Bonchev–Trinajstić information content (AvgIpc) is 2.24. The van der Waals surface area contributed by atoms with Crippen molar-refractivity contribution in [2.24, 2.45) is 0 Å². The molecule has 94 valence electrons. The highest BCUT2D eigenvalue weighted by atomic mass is 32.2. The molecule has 0 aliphatic heterocycles. The van der Waals surface area contributed by atoms with Gasteiger partial charge in [0.2, 0.25) is 0 Å². The predicted octanol–water partition coefficient (Wildman–Crippen LogP) is 2.75. The van der Waals surface area contributed by atoms with E-state index in [1.807, 2.05) is 27.7 Å². The summed E-state index contributed by atoms with van der Waals surface area (Å²) in [6, 6.07) is 0. The second-order valence-corrected chi connectivity index (χ2v) is 5.32. The molecule has 0 aliphatic rings. The molecule has 1 rings (SSSR count). The number of nitrogens with zero attached hydrogens (tertiary/aromatic N) is 2. The van der Waals surface area contributed by atoms with Crippen LogP contribution in [0.15, 0.2) is 5.16 Å². The van der Waals surface area contributed by atoms with Gasteiger partial charge < -0.3 is 5.11 Å². The third kappa shape index (κ3) is 4.00. The molecule has 0 saturated heterocycles. The molecule has 0 fully saturated rings. The van der Waals surface area contributed by atoms with Gasteiger partial charge in [0.05, 0.1) is 6.42 Å². The summed E-state index contributed by atoms with van der Waals surface area (Å²) >= 11 is 1.45. The first kappa shape index (κ1) is 14.0. The minimum Gasteiger partial charge on any atom is -0.481 e. The van der Waals surface area contributed by atoms with Crippen molar-refractivity contribution < 1.29 is 9.90 Å². The van der Waals surface area contributed by atoms with Crippen molar-refractivity contribution in [3.8, 4) is 0 Å². The van der Waals surface area contributed by atoms with E-state index >= 15 is 0 Å². The van der Waals surface area contributed by atoms with Crippen LogP contribution in [0.5, 0.6) is 0 Å². The van der Waals surface area contributed by atoms with E-state index in [9.17, 15) is 4.79 Å². The fourth-order valence-electron chi connectivity index (χ4n) is 1.41. The van der Waals surface area contributed by atoms with Crippen molar-refractivity contribution in [1.29, 1.82) is 0 Å². The van der Waals surface area contributed by atoms with Gasteiger partial charge in [0.15, 0.2) is 5.16 Å². The molecular weight excluding hydrogens is 236 g/mol. The lowest BCUT2D eigenvalue weighted by Crippen LogP contribution is -2.10. The maximum absolute atomic E-state index is 10.7. The van der Waals surface area contributed by atoms with Crippen LogP contribution in [0.25, 0.3) is 0 Å². The van der Waals surface area contributed by atoms with E-state index in [1.165, 1.54) is 11.8 Å². The first-order valence-corrected chi connectivity index (χ1v) is 6.52. The molecule has 5 heteroatoms. The van der Waals surface area contributed by atoms with E-state index in [0.29, 0.717) is 5.16 Å². The quantitative estimate of drug-likeness (QED) is 0.646. The van der Waals surface area contributed by atoms with Gasteiger partial charge in [-0.3, -0.25) is 4.79 Å². The molecule has 17 heavy (non-hydrogen) atoms. The number of carbonyl (C=O) groups is 1. The first-order valence-electron chi connectivity index (χ1n) is 5.64. The van der Waals surface area contributed by atoms with Crippen LogP contribution in [-0.2, 0) is 4.79 Å². The molecule has 1 N–H and O–H groups in total. The molecule has 1 unspecified atom stereocenters. The highest BCUT2D eigenvalue weighted by Gasteiger charge is 2.15. The van der Waals surface area contributed by atoms with Crippen molar-refractivity contribution in [2.45, 2.75) is 50.9 Å². The van der Waals surface area contributed by atoms with Crippen molar-refractivity contribution in [1.82, 2.24) is 9.97 Å². The topological polar surface area (TPSA) is 63.1 Å². The Morgan fingerprint density at radius 1 is 1.29 bits per heavy atom. The van der Waals surface area contributed by atoms with Crippen LogP contribution >= 0.6 is 11.8 Å². The molecule has 0 spiro atoms. The fourth-order valence-corrected chi connectivity index (χ4v) is 2.48. The summed E-state index contributed by atoms with van der Waals surface area (Å²) in [5, 5.41) is 9.51. The zero-order valence-corrected chi connectivity index (χ0v) is 11.5. The lowest BCUT2D eigenvalue weighted by atomic mass is 10.2. The van der Waals surface area contributed by atoms with Gasteiger partial charge in [0, 0.05) is 16.6 Å². The van der Waals surface area contributed by atoms with Gasteiger partial charge in [-0.25, -0.2) is 9.97 Å². The first-order chi connectivity index (χ1) is 7.93. The predicted molar refractivity (Wildman–Crippen MR) is 68.4 cm³/mol. The number of hydrogen-bond donors (Lipinski definition) is 1. The number of aliphatic carboxylic acids is 1. The van der Waals surface area contributed by atoms with E-state index in [1.54, 1.807) is 0 Å². The number of carboxylic acid groups (broad SMARTS) is 1. The summed E-state index contributed by atoms with van der Waals surface area (Å²) in [7, 11) is 0. The summed E-state index contributed by atoms with van der Waals surface area (Å²) in [5.74, 6) is -0.773. The number of rotatable bonds is 5. The van der Waals surface area contributed by atoms with Gasteiger partial charge in [0.1, 0.15) is 0 Å². The lowest BCUT2D eigenvalue weighted by molar-refractivity contribution is -0.136. The normalized spacial score (nSPS) is 12.5. The Bertz CT molecular complexity index is 398. The van der Waals surface area contributed by atoms with Crippen molar-refractivity contribution in [2.75, 3.05) is 0 Å². The monoisotopic (exact) mass is 254 g/mol. The second kappa shape index (κ2) is 6.00. The number of hydrogen-bond acceptors (Lipinski definition) is 4. The molecule has 1 atom stereocenters. The molecule has 0 aromatic carbocycles. The van der Waals surface area contributed by atoms with Crippen molar-refractivity contribution >= 4 is 17.7 Å². The molecule has 1 aromatic rings. The zero-order chi connectivity index (χ0) is 13.0. The van der Waals surface area contributed by atoms with E-state index < -0.39 is 5.97 Å². The minimum atomic E-state index is -0.773. The van der Waals surface area contributed by atoms with Gasteiger partial charge in [-0.2, -0.15) is 0 Å². The number of aryl methyl sites for hydroxylation is 2. The van der Waals surface area contributed by atoms with Gasteiger partial charge in [-0.05, 0) is 32.8 Å². The number of carboxylic acids is 1. The Hall–Kier alpha value is -1.10. The molecule has 0 bridgehead atoms. The highest BCUT2D eigenvalue weighted by Crippen LogP contribution is 2.25. The van der Waals surface area contributed by atoms with E-state index in [2.05, 4.69) is 9.97 Å². The summed E-state index contributed by atoms with van der Waals surface area (Å²) < 4.78 is 0. The number of aromatic nitrogens is 2. The standard InChI is InChI=1S/C12H18N2O2S/c1-5-10(6-11(15)16)17-12-13-8(3)7(2)9(4)14-12/h10H,5-6H2,1-4H3,(H,15,16). The molecule has 0 saturated carbocycles. The molecule has 0 radical (unpaired) electrons. The Morgan fingerprint density at radius 2 is 1.82 bits per heavy atom. The molecular formula is C12H18N2O2S. The summed E-state index contributed by atoms with van der Waals surface area (Å²) in [6.45, 7) is 7.88. The Kier molecular flexibility index (Phi) is 4.93. The zero-order valence-electron chi connectivity index (χ0n) is 10.6. The van der Waals surface area contributed by atoms with Crippen LogP contribution in [0.1, 0.15) is 36.7 Å². The van der Waals surface area contributed by atoms with Crippen molar-refractivity contribution in [3.63, 3.8) is 0 Å². The maximum atomic E-state index is 10.7. The summed E-state index contributed by atoms with van der Waals surface area (Å²) in [6.07, 6.45) is 0.947. The Labute approximate surface area is 106 Å². The smallest absolute Gasteiger partial charge is 0.304 e. The average molecular weight is 254 g/mol. The molecule has 0 amide bonds. The van der Waals surface area contributed by atoms with Crippen LogP contribution in [-0.4, -0.2) is 26.3 Å². The molecule has 1 heterocycles. The van der Waals surface area contributed by atoms with Crippen LogP contribution in [0, 0.1) is 20.8 Å². The van der Waals surface area contributed by atoms with Crippen LogP contribution in [0.2, 0.25) is 0 Å². The van der Waals surface area contributed by atoms with Crippen LogP contribution in [0.4, 0.5) is 0 Å². The van der Waals surface area contributed by atoms with Gasteiger partial charge in [-0.15, -0.1) is 0 Å². The van der Waals surface area contributed by atoms with Gasteiger partial charge in [0.25, 0.3) is 0 Å². The van der Waals surface area contributed by atoms with E-state index in [-0.39, 0.29) is 11.7 Å².